The van der Waals surface area contributed by atoms with Crippen molar-refractivity contribution in [3.05, 3.63) is 138 Å². The van der Waals surface area contributed by atoms with Gasteiger partial charge >= 0.3 is 5.97 Å². The largest absolute Gasteiger partial charge is 0.508 e. The number of nitrogens with two attached hydrogens (primary N) is 4. The number of amides is 16. The van der Waals surface area contributed by atoms with Crippen molar-refractivity contribution in [2.24, 2.45) is 22.9 Å². The number of likely N-dealkylation sites (tertiary alicyclic amines) is 2. The predicted octanol–water partition coefficient (Wildman–Crippen LogP) is -6.26. The third-order valence-corrected chi connectivity index (χ3v) is 24.2. The smallest absolute Gasteiger partial charge is 0.326 e. The maximum Gasteiger partial charge on any atom is 0.326 e. The highest BCUT2D eigenvalue weighted by atomic mass is 32.1. The van der Waals surface area contributed by atoms with Crippen LogP contribution in [0, 0.1) is 5.41 Å². The maximum absolute atomic E-state index is 15.0. The number of carbonyl (C=O) groups is 17. The number of carboxylic acids is 1. The lowest BCUT2D eigenvalue weighted by Gasteiger charge is -2.31. The van der Waals surface area contributed by atoms with Crippen molar-refractivity contribution in [2.75, 3.05) is 57.4 Å². The van der Waals surface area contributed by atoms with E-state index < -0.39 is 228 Å². The predicted molar refractivity (Wildman–Crippen MR) is 507 cm³/mol. The molecule has 0 bridgehead atoms. The van der Waals surface area contributed by atoms with E-state index in [9.17, 15) is 107 Å². The number of aliphatic hydroxyl groups excluding tert-OH is 1. The summed E-state index contributed by atoms with van der Waals surface area (Å²) in [7, 11) is 0. The molecule has 3 saturated heterocycles. The second-order valence-electron chi connectivity index (χ2n) is 34.0. The van der Waals surface area contributed by atoms with Crippen LogP contribution in [0.15, 0.2) is 110 Å². The van der Waals surface area contributed by atoms with Crippen molar-refractivity contribution in [3.8, 4) is 23.0 Å². The van der Waals surface area contributed by atoms with Crippen LogP contribution in [0.25, 0.3) is 0 Å². The zero-order chi connectivity index (χ0) is 102. The number of imidazole rings is 1. The second kappa shape index (κ2) is 55.5. The molecule has 49 heteroatoms. The van der Waals surface area contributed by atoms with E-state index in [1.54, 1.807) is 0 Å². The molecule has 8 rings (SSSR count). The number of aliphatic carboxylic acids is 1. The van der Waals surface area contributed by atoms with Gasteiger partial charge in [0, 0.05) is 75.9 Å². The molecule has 31 N–H and O–H groups in total. The first-order chi connectivity index (χ1) is 66.4. The Morgan fingerprint density at radius 1 is 0.439 bits per heavy atom. The number of nitrogens with zero attached hydrogens (tertiary/aromatic N) is 3. The van der Waals surface area contributed by atoms with Gasteiger partial charge in [0.15, 0.2) is 5.96 Å². The monoisotopic (exact) mass is 1970 g/mol. The van der Waals surface area contributed by atoms with Gasteiger partial charge in [0.25, 0.3) is 0 Å². The minimum absolute atomic E-state index is 0.00373. The summed E-state index contributed by atoms with van der Waals surface area (Å²) in [4.78, 5) is 250. The van der Waals surface area contributed by atoms with Crippen LogP contribution in [0.3, 0.4) is 0 Å². The lowest BCUT2D eigenvalue weighted by molar-refractivity contribution is -0.142. The number of benzene rings is 4. The van der Waals surface area contributed by atoms with Gasteiger partial charge < -0.3 is 148 Å². The van der Waals surface area contributed by atoms with Gasteiger partial charge in [0.05, 0.1) is 24.7 Å². The highest BCUT2D eigenvalue weighted by Gasteiger charge is 2.44. The molecule has 3 fully saturated rings. The van der Waals surface area contributed by atoms with Crippen LogP contribution < -0.4 is 103 Å². The number of carboxylic acid groups (broad SMARTS) is 1. The summed E-state index contributed by atoms with van der Waals surface area (Å²) in [5.41, 5.74) is 24.8. The molecule has 3 aliphatic heterocycles. The van der Waals surface area contributed by atoms with Gasteiger partial charge in [-0.25, -0.2) is 9.78 Å². The van der Waals surface area contributed by atoms with Gasteiger partial charge in [-0.3, -0.25) is 82.1 Å². The Balaban J connectivity index is 0.929. The average Bonchev–Trinajstić information content (AvgIpc) is 1.67. The average molecular weight is 1980 g/mol. The van der Waals surface area contributed by atoms with Crippen LogP contribution in [0.2, 0.25) is 0 Å². The number of phenols is 4. The van der Waals surface area contributed by atoms with Crippen molar-refractivity contribution >= 4 is 132 Å². The number of phenolic OH excluding ortho intramolecular Hbond substituents is 4. The van der Waals surface area contributed by atoms with Gasteiger partial charge in [-0.2, -0.15) is 25.3 Å². The maximum atomic E-state index is 15.0. The first kappa shape index (κ1) is 110. The van der Waals surface area contributed by atoms with E-state index in [1.807, 2.05) is 0 Å². The number of aromatic hydroxyl groups is 4. The highest BCUT2D eigenvalue weighted by Crippen LogP contribution is 2.25. The fraction of sp³-hybridized carbons (Fsp3) is 0.500. The van der Waals surface area contributed by atoms with E-state index in [0.29, 0.717) is 67.4 Å². The second-order valence-corrected chi connectivity index (χ2v) is 34.7. The molecule has 5 aromatic rings. The van der Waals surface area contributed by atoms with Crippen LogP contribution in [-0.2, 0) is 114 Å². The van der Waals surface area contributed by atoms with Crippen molar-refractivity contribution in [1.29, 1.82) is 5.41 Å². The number of H-pyrrole nitrogens is 1. The van der Waals surface area contributed by atoms with Gasteiger partial charge in [-0.05, 0) is 181 Å². The van der Waals surface area contributed by atoms with Crippen LogP contribution in [-0.4, -0.2) is 311 Å². The number of rotatable bonds is 55. The number of thiol groups is 2. The fourth-order valence-electron chi connectivity index (χ4n) is 15.8. The Hall–Kier alpha value is -13.9. The van der Waals surface area contributed by atoms with E-state index in [2.05, 4.69) is 115 Å². The molecule has 3 aliphatic rings. The number of nitrogens with one attached hydrogen (secondary N) is 17. The zero-order valence-corrected chi connectivity index (χ0v) is 78.4. The number of hydrogen-bond donors (Lipinski definition) is 29. The third-order valence-electron chi connectivity index (χ3n) is 23.4. The van der Waals surface area contributed by atoms with Gasteiger partial charge in [0.2, 0.25) is 94.5 Å². The molecule has 0 radical (unpaired) electrons. The van der Waals surface area contributed by atoms with Gasteiger partial charge in [-0.15, -0.1) is 0 Å². The summed E-state index contributed by atoms with van der Waals surface area (Å²) in [6.45, 7) is 0.931. The van der Waals surface area contributed by atoms with Crippen LogP contribution in [0.4, 0.5) is 0 Å². The summed E-state index contributed by atoms with van der Waals surface area (Å²) in [5.74, 6) is -18.2. The summed E-state index contributed by atoms with van der Waals surface area (Å²) in [6, 6.07) is -1.43. The van der Waals surface area contributed by atoms with Crippen LogP contribution in [0.1, 0.15) is 125 Å². The third kappa shape index (κ3) is 34.9. The van der Waals surface area contributed by atoms with Crippen molar-refractivity contribution in [1.82, 2.24) is 99.5 Å². The zero-order valence-electron chi connectivity index (χ0n) is 76.6. The van der Waals surface area contributed by atoms with E-state index in [4.69, 9.17) is 28.3 Å². The molecule has 0 unspecified atom stereocenters. The molecular formula is C90H126N24O23S2. The van der Waals surface area contributed by atoms with Crippen molar-refractivity contribution in [2.45, 2.75) is 226 Å². The molecule has 756 valence electrons. The van der Waals surface area contributed by atoms with Gasteiger partial charge in [0.1, 0.15) is 114 Å². The molecule has 16 atom stereocenters. The molecule has 47 nitrogen and oxygen atoms in total. The molecule has 1 aromatic heterocycles. The molecule has 4 aromatic carbocycles. The Labute approximate surface area is 811 Å². The Morgan fingerprint density at radius 2 is 0.820 bits per heavy atom. The lowest BCUT2D eigenvalue weighted by Crippen LogP contribution is -2.61. The highest BCUT2D eigenvalue weighted by molar-refractivity contribution is 7.80. The molecule has 0 spiro atoms. The minimum atomic E-state index is -1.83. The standard InChI is InChI=1S/C90H126N24O23S2/c1-48(74(121)110-68(44-115)82(129)112-70(46-139)84(131)107-64(39-50-15-23-55(117)24-16-50)79(126)108-66(42-53-43-96-47-99-53)81(128)109-67(89(136)137)41-52-19-27-57(119)28-20-52)100-85(132)71-11-6-37-114(71)88(135)62(31-33-92)104-76(123)59(9-4-35-98-90(94)95)101-78(125)63(38-49-13-21-54(116)22-14-49)106-83(130)69(45-138)111-80(127)65(40-51-17-25-56(118)26-18-51)105-77(124)60(29-30-73(93)120)102-75(122)58(8-2-3-32-91)103-86(133)72-12-7-36-113(72)87(134)61-10-5-34-97-61/h13-28,43,47-48,58-72,97,115-119,138-139H,2-12,29-42,44-46,91-92H2,1H3,(H2,93,120)(H,96,99)(H,100,132)(H,101,125)(H,102,122)(H,103,133)(H,104,123)(H,105,124)(H,106,130)(H,107,131)(H,108,126)(H,109,128)(H,110,121)(H,111,127)(H,112,129)(H,136,137)(H4,94,95,98)/t48-,58-,59-,60-,61-,62-,63-,64-,65-,66-,67-,68-,69-,70-,71+,72+/m0/s1. The first-order valence-electron chi connectivity index (χ1n) is 45.6. The summed E-state index contributed by atoms with van der Waals surface area (Å²) >= 11 is 8.65. The van der Waals surface area contributed by atoms with Crippen molar-refractivity contribution < 1.29 is 112 Å². The summed E-state index contributed by atoms with van der Waals surface area (Å²) < 4.78 is 0. The molecular weight excluding hydrogens is 1850 g/mol. The van der Waals surface area contributed by atoms with E-state index in [1.165, 1.54) is 121 Å². The number of aromatic amines is 1. The SMILES string of the molecule is C[C@H](NC(=O)[C@H]1CCCN1C(=O)[C@H](CCN)NC(=O)[C@H](CCCNC(=N)N)NC(=O)[C@H](Cc1ccc(O)cc1)NC(=O)[C@H](CS)NC(=O)[C@H](Cc1ccc(O)cc1)NC(=O)[C@H](CCC(N)=O)NC(=O)[C@H](CCCCN)NC(=O)[C@H]1CCCN1C(=O)[C@@H]1CCCN1)C(=O)N[C@@H](CO)C(=O)N[C@@H](CS)C(=O)N[C@@H](Cc1ccc(O)cc1)C(=O)N[C@@H](Cc1c[nH]cn1)C(=O)N[C@@H](Cc1ccc(O)cc1)C(=O)O. The quantitative estimate of drug-likeness (QED) is 0.00745. The Kier molecular flexibility index (Phi) is 44.1. The van der Waals surface area contributed by atoms with E-state index in [-0.39, 0.29) is 131 Å². The Bertz CT molecular complexity index is 5050. The Morgan fingerprint density at radius 3 is 1.24 bits per heavy atom. The molecule has 4 heterocycles. The number of carbonyl (C=O) groups excluding carboxylic acids is 16. The molecule has 0 aliphatic carbocycles. The van der Waals surface area contributed by atoms with Crippen LogP contribution in [0.5, 0.6) is 23.0 Å². The molecule has 139 heavy (non-hydrogen) atoms. The van der Waals surface area contributed by atoms with E-state index >= 15 is 4.79 Å². The topological polar surface area (TPSA) is 755 Å². The fourth-order valence-corrected chi connectivity index (χ4v) is 16.3. The van der Waals surface area contributed by atoms with Crippen LogP contribution >= 0.6 is 25.3 Å². The lowest BCUT2D eigenvalue weighted by atomic mass is 10.0. The summed E-state index contributed by atoms with van der Waals surface area (Å²) in [6.07, 6.45) is 2.95. The number of aromatic nitrogens is 2. The number of aliphatic hydroxyl groups is 1. The number of guanidine groups is 1. The molecule has 0 saturated carbocycles. The minimum Gasteiger partial charge on any atom is -0.508 e. The first-order valence-corrected chi connectivity index (χ1v) is 46.9. The number of unbranched alkanes of at least 4 members (excludes halogenated alkanes) is 1. The number of hydrogen-bond acceptors (Lipinski definition) is 29. The van der Waals surface area contributed by atoms with Crippen molar-refractivity contribution in [3.63, 3.8) is 0 Å². The number of primary amides is 1. The molecule has 16 amide bonds. The summed E-state index contributed by atoms with van der Waals surface area (Å²) in [5, 5.41) is 108. The van der Waals surface area contributed by atoms with E-state index in [0.717, 1.165) is 11.3 Å². The van der Waals surface area contributed by atoms with Gasteiger partial charge in [-0.1, -0.05) is 48.5 Å². The normalized spacial score (nSPS) is 17.2.